The summed E-state index contributed by atoms with van der Waals surface area (Å²) in [4.78, 5) is 11.6. The second kappa shape index (κ2) is 9.44. The highest BCUT2D eigenvalue weighted by atomic mass is 32.1. The molecule has 0 saturated carbocycles. The lowest BCUT2D eigenvalue weighted by atomic mass is 9.97. The average Bonchev–Trinajstić information content (AvgIpc) is 2.54. The van der Waals surface area contributed by atoms with E-state index in [2.05, 4.69) is 5.32 Å². The van der Waals surface area contributed by atoms with Gasteiger partial charge in [-0.25, -0.2) is 4.79 Å². The van der Waals surface area contributed by atoms with E-state index in [1.807, 2.05) is 33.9 Å². The number of alkyl halides is 3. The van der Waals surface area contributed by atoms with E-state index in [0.29, 0.717) is 5.56 Å². The fraction of sp³-hybridized carbons (Fsp3) is 0.579. The molecule has 1 rings (SSSR count). The summed E-state index contributed by atoms with van der Waals surface area (Å²) in [7, 11) is -2.39. The van der Waals surface area contributed by atoms with Crippen LogP contribution in [0.15, 0.2) is 24.3 Å². The summed E-state index contributed by atoms with van der Waals surface area (Å²) in [5.74, 6) is 0. The summed E-state index contributed by atoms with van der Waals surface area (Å²) in [6, 6.07) is 3.89. The van der Waals surface area contributed by atoms with Gasteiger partial charge >= 0.3 is 12.3 Å². The molecule has 29 heavy (non-hydrogen) atoms. The number of halogens is 3. The van der Waals surface area contributed by atoms with Gasteiger partial charge in [0.15, 0.2) is 8.32 Å². The molecule has 0 heterocycles. The zero-order valence-corrected chi connectivity index (χ0v) is 19.1. The van der Waals surface area contributed by atoms with E-state index >= 15 is 0 Å². The van der Waals surface area contributed by atoms with E-state index in [1.165, 1.54) is 12.1 Å². The van der Waals surface area contributed by atoms with Gasteiger partial charge in [0.05, 0.1) is 22.7 Å². The number of hydrogen-bond acceptors (Lipinski definition) is 3. The van der Waals surface area contributed by atoms with Crippen LogP contribution in [0.25, 0.3) is 0 Å². The van der Waals surface area contributed by atoms with Crippen molar-refractivity contribution >= 4 is 31.6 Å². The zero-order valence-electron chi connectivity index (χ0n) is 17.3. The summed E-state index contributed by atoms with van der Waals surface area (Å²) in [6.45, 7) is 10.1. The van der Waals surface area contributed by atoms with Crippen LogP contribution >= 0.6 is 12.2 Å². The Morgan fingerprint density at radius 3 is 2.14 bits per heavy atom. The Morgan fingerprint density at radius 1 is 1.24 bits per heavy atom. The van der Waals surface area contributed by atoms with Gasteiger partial charge in [0.25, 0.3) is 0 Å². The Labute approximate surface area is 175 Å². The molecule has 0 aromatic heterocycles. The summed E-state index contributed by atoms with van der Waals surface area (Å²) < 4.78 is 45.3. The minimum absolute atomic E-state index is 0.186. The first-order valence-electron chi connectivity index (χ1n) is 9.17. The van der Waals surface area contributed by atoms with E-state index < -0.39 is 38.3 Å². The maximum atomic E-state index is 12.9. The number of nitrogens with one attached hydrogen (secondary N) is 1. The molecule has 164 valence electrons. The van der Waals surface area contributed by atoms with Gasteiger partial charge in [-0.2, -0.15) is 13.2 Å². The first-order chi connectivity index (χ1) is 13.0. The molecule has 0 aliphatic rings. The molecule has 0 bridgehead atoms. The van der Waals surface area contributed by atoms with Gasteiger partial charge < -0.3 is 20.6 Å². The second-order valence-electron chi connectivity index (χ2n) is 8.48. The Morgan fingerprint density at radius 2 is 1.76 bits per heavy atom. The Kier molecular flexibility index (Phi) is 8.26. The van der Waals surface area contributed by atoms with Crippen LogP contribution in [-0.4, -0.2) is 30.5 Å². The van der Waals surface area contributed by atoms with Crippen LogP contribution in [0.2, 0.25) is 18.1 Å². The van der Waals surface area contributed by atoms with Gasteiger partial charge in [0, 0.05) is 0 Å². The fourth-order valence-electron chi connectivity index (χ4n) is 2.49. The van der Waals surface area contributed by atoms with E-state index in [0.717, 1.165) is 12.1 Å². The third-order valence-electron chi connectivity index (χ3n) is 5.17. The van der Waals surface area contributed by atoms with E-state index in [-0.39, 0.29) is 22.9 Å². The normalized spacial score (nSPS) is 14.9. The standard InChI is InChI=1S/C19H29F3N2O3SSi/c1-18(2,3)29(4,5)27-16(14(24-17(25)26)10-11-15(23)28)12-6-8-13(9-7-12)19(20,21)22/h6-9,14,16,24H,10-11H2,1-5H3,(H2,23,28)(H,25,26)/t14-,16-/m1/s1. The molecule has 5 nitrogen and oxygen atoms in total. The van der Waals surface area contributed by atoms with Crippen molar-refractivity contribution in [1.29, 1.82) is 0 Å². The Hall–Kier alpha value is -1.65. The summed E-state index contributed by atoms with van der Waals surface area (Å²) in [5.41, 5.74) is 5.26. The maximum Gasteiger partial charge on any atom is 0.416 e. The predicted molar refractivity (Wildman–Crippen MR) is 113 cm³/mol. The number of carboxylic acid groups (broad SMARTS) is 1. The summed E-state index contributed by atoms with van der Waals surface area (Å²) >= 11 is 4.90. The molecular formula is C19H29F3N2O3SSi. The molecule has 0 spiro atoms. The third-order valence-corrected chi connectivity index (χ3v) is 9.83. The average molecular weight is 451 g/mol. The predicted octanol–water partition coefficient (Wildman–Crippen LogP) is 5.47. The highest BCUT2D eigenvalue weighted by Crippen LogP contribution is 2.41. The monoisotopic (exact) mass is 450 g/mol. The van der Waals surface area contributed by atoms with Gasteiger partial charge in [0.2, 0.25) is 0 Å². The van der Waals surface area contributed by atoms with Gasteiger partial charge in [-0.05, 0) is 48.7 Å². The molecule has 1 aromatic carbocycles. The molecule has 0 saturated heterocycles. The number of carbonyl (C=O) groups is 1. The molecule has 4 N–H and O–H groups in total. The van der Waals surface area contributed by atoms with Crippen molar-refractivity contribution in [3.8, 4) is 0 Å². The maximum absolute atomic E-state index is 12.9. The third kappa shape index (κ3) is 7.59. The van der Waals surface area contributed by atoms with Crippen molar-refractivity contribution in [1.82, 2.24) is 5.32 Å². The molecule has 0 radical (unpaired) electrons. The molecule has 0 unspecified atom stereocenters. The van der Waals surface area contributed by atoms with Crippen molar-refractivity contribution in [3.63, 3.8) is 0 Å². The van der Waals surface area contributed by atoms with Crippen LogP contribution in [0.4, 0.5) is 18.0 Å². The van der Waals surface area contributed by atoms with Crippen molar-refractivity contribution in [2.45, 2.75) is 70.1 Å². The van der Waals surface area contributed by atoms with Crippen LogP contribution in [-0.2, 0) is 10.6 Å². The highest BCUT2D eigenvalue weighted by Gasteiger charge is 2.41. The molecular weight excluding hydrogens is 421 g/mol. The number of hydrogen-bond donors (Lipinski definition) is 3. The molecule has 0 fully saturated rings. The lowest BCUT2D eigenvalue weighted by Crippen LogP contribution is -2.48. The topological polar surface area (TPSA) is 84.6 Å². The van der Waals surface area contributed by atoms with Gasteiger partial charge in [-0.1, -0.05) is 45.1 Å². The minimum atomic E-state index is -4.46. The van der Waals surface area contributed by atoms with Gasteiger partial charge in [-0.3, -0.25) is 0 Å². The Balaban J connectivity index is 3.38. The van der Waals surface area contributed by atoms with E-state index in [1.54, 1.807) is 0 Å². The van der Waals surface area contributed by atoms with Crippen molar-refractivity contribution in [2.75, 3.05) is 0 Å². The summed E-state index contributed by atoms with van der Waals surface area (Å²) in [6.07, 6.45) is -5.95. The quantitative estimate of drug-likeness (QED) is 0.361. The van der Waals surface area contributed by atoms with Crippen LogP contribution in [0.1, 0.15) is 50.8 Å². The van der Waals surface area contributed by atoms with Crippen LogP contribution in [0.5, 0.6) is 0 Å². The lowest BCUT2D eigenvalue weighted by molar-refractivity contribution is -0.137. The van der Waals surface area contributed by atoms with Crippen LogP contribution in [0, 0.1) is 0 Å². The Bertz CT molecular complexity index is 719. The van der Waals surface area contributed by atoms with E-state index in [9.17, 15) is 23.1 Å². The van der Waals surface area contributed by atoms with Crippen LogP contribution < -0.4 is 11.1 Å². The van der Waals surface area contributed by atoms with E-state index in [4.69, 9.17) is 22.4 Å². The lowest BCUT2D eigenvalue weighted by Gasteiger charge is -2.41. The first-order valence-corrected chi connectivity index (χ1v) is 12.5. The molecule has 10 heteroatoms. The van der Waals surface area contributed by atoms with Crippen molar-refractivity contribution in [3.05, 3.63) is 35.4 Å². The number of benzene rings is 1. The number of rotatable bonds is 8. The molecule has 1 amide bonds. The summed E-state index contributed by atoms with van der Waals surface area (Å²) in [5, 5.41) is 11.5. The van der Waals surface area contributed by atoms with Gasteiger partial charge in [0.1, 0.15) is 0 Å². The molecule has 2 atom stereocenters. The number of thiocarbonyl (C=S) groups is 1. The molecule has 0 aliphatic heterocycles. The fourth-order valence-corrected chi connectivity index (χ4v) is 3.90. The van der Waals surface area contributed by atoms with Crippen LogP contribution in [0.3, 0.4) is 0 Å². The minimum Gasteiger partial charge on any atom is -0.465 e. The van der Waals surface area contributed by atoms with Gasteiger partial charge in [-0.15, -0.1) is 0 Å². The molecule has 1 aromatic rings. The largest absolute Gasteiger partial charge is 0.465 e. The number of amides is 1. The molecule has 0 aliphatic carbocycles. The zero-order chi connectivity index (χ0) is 22.6. The first kappa shape index (κ1) is 25.4. The second-order valence-corrected chi connectivity index (χ2v) is 13.8. The number of nitrogens with two attached hydrogens (primary N) is 1. The highest BCUT2D eigenvalue weighted by molar-refractivity contribution is 7.80. The SMILES string of the molecule is CC(C)(C)[Si](C)(C)O[C@H](c1ccc(C(F)(F)F)cc1)[C@@H](CCC(N)=S)NC(=O)O. The van der Waals surface area contributed by atoms with Crippen molar-refractivity contribution in [2.24, 2.45) is 5.73 Å². The smallest absolute Gasteiger partial charge is 0.416 e. The van der Waals surface area contributed by atoms with Crippen molar-refractivity contribution < 1.29 is 27.5 Å².